The van der Waals surface area contributed by atoms with Gasteiger partial charge in [-0.15, -0.1) is 11.3 Å². The maximum atomic E-state index is 13.4. The summed E-state index contributed by atoms with van der Waals surface area (Å²) in [6, 6.07) is 1.84. The van der Waals surface area contributed by atoms with Gasteiger partial charge in [0.25, 0.3) is 0 Å². The number of anilines is 1. The third kappa shape index (κ3) is 3.39. The number of sulfonamides is 1. The van der Waals surface area contributed by atoms with E-state index in [1.807, 2.05) is 6.92 Å². The van der Waals surface area contributed by atoms with E-state index in [-0.39, 0.29) is 10.6 Å². The highest BCUT2D eigenvalue weighted by Gasteiger charge is 2.24. The lowest BCUT2D eigenvalue weighted by molar-refractivity contribution is 0.548. The predicted octanol–water partition coefficient (Wildman–Crippen LogP) is 2.60. The quantitative estimate of drug-likeness (QED) is 0.826. The zero-order chi connectivity index (χ0) is 15.6. The summed E-state index contributed by atoms with van der Waals surface area (Å²) in [6.45, 7) is 3.39. The van der Waals surface area contributed by atoms with Crippen LogP contribution in [0.25, 0.3) is 0 Å². The molecular weight excluding hydrogens is 313 g/mol. The first-order chi connectivity index (χ1) is 9.85. The minimum Gasteiger partial charge on any atom is -0.396 e. The normalized spacial score (nSPS) is 13.3. The van der Waals surface area contributed by atoms with Crippen molar-refractivity contribution in [2.24, 2.45) is 0 Å². The molecule has 21 heavy (non-hydrogen) atoms. The third-order valence-corrected chi connectivity index (χ3v) is 5.54. The Kier molecular flexibility index (Phi) is 4.60. The maximum Gasteiger partial charge on any atom is 0.241 e. The molecule has 0 aliphatic heterocycles. The lowest BCUT2D eigenvalue weighted by atomic mass is 10.2. The number of nitrogens with one attached hydrogen (secondary N) is 1. The van der Waals surface area contributed by atoms with Crippen LogP contribution in [0.1, 0.15) is 30.0 Å². The van der Waals surface area contributed by atoms with E-state index in [2.05, 4.69) is 9.71 Å². The number of rotatable bonds is 5. The molecule has 2 aromatic rings. The van der Waals surface area contributed by atoms with Crippen molar-refractivity contribution in [2.75, 3.05) is 5.73 Å². The van der Waals surface area contributed by atoms with Crippen LogP contribution in [-0.2, 0) is 10.0 Å². The van der Waals surface area contributed by atoms with E-state index in [1.54, 1.807) is 11.6 Å². The van der Waals surface area contributed by atoms with E-state index >= 15 is 0 Å². The standard InChI is InChI=1S/C13H16FN3O2S2/c1-3-11(13-16-4-5-20-13)17-21(18,19)12-7-10(15)9(14)6-8(12)2/h4-7,11,17H,3,15H2,1-2H3. The average Bonchev–Trinajstić information content (AvgIpc) is 2.94. The highest BCUT2D eigenvalue weighted by molar-refractivity contribution is 7.89. The van der Waals surface area contributed by atoms with Gasteiger partial charge in [-0.05, 0) is 31.0 Å². The molecule has 0 spiro atoms. The molecule has 0 aliphatic carbocycles. The largest absolute Gasteiger partial charge is 0.396 e. The van der Waals surface area contributed by atoms with Crippen LogP contribution in [0.2, 0.25) is 0 Å². The van der Waals surface area contributed by atoms with Gasteiger partial charge in [0.1, 0.15) is 10.8 Å². The molecule has 0 aliphatic rings. The number of nitrogen functional groups attached to an aromatic ring is 1. The van der Waals surface area contributed by atoms with Gasteiger partial charge in [0.2, 0.25) is 10.0 Å². The van der Waals surface area contributed by atoms with Crippen molar-refractivity contribution in [3.63, 3.8) is 0 Å². The van der Waals surface area contributed by atoms with Gasteiger partial charge < -0.3 is 5.73 Å². The van der Waals surface area contributed by atoms with E-state index in [0.717, 1.165) is 12.1 Å². The van der Waals surface area contributed by atoms with Crippen LogP contribution in [0.15, 0.2) is 28.6 Å². The third-order valence-electron chi connectivity index (χ3n) is 3.04. The second-order valence-electron chi connectivity index (χ2n) is 4.59. The fraction of sp³-hybridized carbons (Fsp3) is 0.308. The zero-order valence-electron chi connectivity index (χ0n) is 11.6. The summed E-state index contributed by atoms with van der Waals surface area (Å²) in [6.07, 6.45) is 2.18. The SMILES string of the molecule is CCC(NS(=O)(=O)c1cc(N)c(F)cc1C)c1nccs1. The van der Waals surface area contributed by atoms with Crippen molar-refractivity contribution >= 4 is 27.0 Å². The topological polar surface area (TPSA) is 85.1 Å². The number of benzene rings is 1. The molecule has 0 saturated carbocycles. The molecule has 0 radical (unpaired) electrons. The molecule has 0 saturated heterocycles. The fourth-order valence-corrected chi connectivity index (χ4v) is 4.32. The molecule has 114 valence electrons. The van der Waals surface area contributed by atoms with Gasteiger partial charge in [0.05, 0.1) is 16.6 Å². The van der Waals surface area contributed by atoms with Crippen LogP contribution in [0.5, 0.6) is 0 Å². The van der Waals surface area contributed by atoms with E-state index in [1.165, 1.54) is 18.3 Å². The van der Waals surface area contributed by atoms with E-state index in [9.17, 15) is 12.8 Å². The number of aromatic nitrogens is 1. The maximum absolute atomic E-state index is 13.4. The fourth-order valence-electron chi connectivity index (χ4n) is 1.92. The van der Waals surface area contributed by atoms with Crippen LogP contribution < -0.4 is 10.5 Å². The summed E-state index contributed by atoms with van der Waals surface area (Å²) >= 11 is 1.38. The molecular formula is C13H16FN3O2S2. The monoisotopic (exact) mass is 329 g/mol. The molecule has 0 fully saturated rings. The predicted molar refractivity (Wildman–Crippen MR) is 81.0 cm³/mol. The first-order valence-corrected chi connectivity index (χ1v) is 8.68. The Bertz CT molecular complexity index is 730. The van der Waals surface area contributed by atoms with Gasteiger partial charge in [-0.3, -0.25) is 0 Å². The van der Waals surface area contributed by atoms with Crippen molar-refractivity contribution in [2.45, 2.75) is 31.2 Å². The van der Waals surface area contributed by atoms with Gasteiger partial charge in [-0.1, -0.05) is 6.92 Å². The van der Waals surface area contributed by atoms with Gasteiger partial charge in [-0.2, -0.15) is 0 Å². The van der Waals surface area contributed by atoms with Gasteiger partial charge >= 0.3 is 0 Å². The molecule has 0 bridgehead atoms. The van der Waals surface area contributed by atoms with Crippen molar-refractivity contribution < 1.29 is 12.8 Å². The second-order valence-corrected chi connectivity index (χ2v) is 7.20. The van der Waals surface area contributed by atoms with Crippen LogP contribution in [-0.4, -0.2) is 13.4 Å². The van der Waals surface area contributed by atoms with Gasteiger partial charge in [-0.25, -0.2) is 22.5 Å². The van der Waals surface area contributed by atoms with Crippen molar-refractivity contribution in [3.05, 3.63) is 40.1 Å². The van der Waals surface area contributed by atoms with Crippen LogP contribution in [0.4, 0.5) is 10.1 Å². The number of hydrogen-bond acceptors (Lipinski definition) is 5. The molecule has 1 aromatic carbocycles. The minimum absolute atomic E-state index is 0.0172. The average molecular weight is 329 g/mol. The summed E-state index contributed by atoms with van der Waals surface area (Å²) in [5.41, 5.74) is 5.58. The first-order valence-electron chi connectivity index (χ1n) is 6.32. The Balaban J connectivity index is 2.36. The highest BCUT2D eigenvalue weighted by Crippen LogP contribution is 2.25. The molecule has 0 amide bonds. The number of nitrogens with two attached hydrogens (primary N) is 1. The lowest BCUT2D eigenvalue weighted by Crippen LogP contribution is -2.29. The van der Waals surface area contributed by atoms with Crippen LogP contribution in [0.3, 0.4) is 0 Å². The summed E-state index contributed by atoms with van der Waals surface area (Å²) < 4.78 is 40.9. The van der Waals surface area contributed by atoms with Gasteiger partial charge in [0.15, 0.2) is 0 Å². The Hall–Kier alpha value is -1.51. The Morgan fingerprint density at radius 3 is 2.76 bits per heavy atom. The number of thiazole rings is 1. The molecule has 2 rings (SSSR count). The molecule has 1 unspecified atom stereocenters. The van der Waals surface area contributed by atoms with Gasteiger partial charge in [0, 0.05) is 11.6 Å². The molecule has 1 aromatic heterocycles. The smallest absolute Gasteiger partial charge is 0.241 e. The van der Waals surface area contributed by atoms with Crippen molar-refractivity contribution in [1.82, 2.24) is 9.71 Å². The Labute approximate surface area is 127 Å². The number of halogens is 1. The van der Waals surface area contributed by atoms with E-state index < -0.39 is 21.9 Å². The van der Waals surface area contributed by atoms with Crippen molar-refractivity contribution in [3.8, 4) is 0 Å². The first kappa shape index (κ1) is 15.9. The Morgan fingerprint density at radius 1 is 1.48 bits per heavy atom. The highest BCUT2D eigenvalue weighted by atomic mass is 32.2. The van der Waals surface area contributed by atoms with Crippen LogP contribution in [0, 0.1) is 12.7 Å². The van der Waals surface area contributed by atoms with E-state index in [4.69, 9.17) is 5.73 Å². The summed E-state index contributed by atoms with van der Waals surface area (Å²) in [5, 5.41) is 2.47. The molecule has 1 heterocycles. The molecule has 8 heteroatoms. The summed E-state index contributed by atoms with van der Waals surface area (Å²) in [4.78, 5) is 4.11. The van der Waals surface area contributed by atoms with E-state index in [0.29, 0.717) is 17.0 Å². The van der Waals surface area contributed by atoms with Crippen molar-refractivity contribution in [1.29, 1.82) is 0 Å². The second kappa shape index (κ2) is 6.08. The lowest BCUT2D eigenvalue weighted by Gasteiger charge is -2.16. The minimum atomic E-state index is -3.80. The zero-order valence-corrected chi connectivity index (χ0v) is 13.3. The number of hydrogen-bond donors (Lipinski definition) is 2. The Morgan fingerprint density at radius 2 is 2.19 bits per heavy atom. The number of aryl methyl sites for hydroxylation is 1. The summed E-state index contributed by atoms with van der Waals surface area (Å²) in [5.74, 6) is -0.626. The number of nitrogens with zero attached hydrogens (tertiary/aromatic N) is 1. The van der Waals surface area contributed by atoms with Crippen LogP contribution >= 0.6 is 11.3 Å². The molecule has 3 N–H and O–H groups in total. The molecule has 5 nitrogen and oxygen atoms in total. The summed E-state index contributed by atoms with van der Waals surface area (Å²) in [7, 11) is -3.80. The molecule has 1 atom stereocenters.